The van der Waals surface area contributed by atoms with Crippen LogP contribution in [-0.2, 0) is 6.54 Å². The normalized spacial score (nSPS) is 10.5. The van der Waals surface area contributed by atoms with Crippen LogP contribution in [0, 0.1) is 17.5 Å². The van der Waals surface area contributed by atoms with E-state index in [1.54, 1.807) is 12.1 Å². The summed E-state index contributed by atoms with van der Waals surface area (Å²) in [5.74, 6) is -2.14. The molecule has 0 atom stereocenters. The van der Waals surface area contributed by atoms with Crippen molar-refractivity contribution in [3.8, 4) is 5.75 Å². The lowest BCUT2D eigenvalue weighted by Crippen LogP contribution is -2.05. The van der Waals surface area contributed by atoms with Gasteiger partial charge in [0.25, 0.3) is 0 Å². The Kier molecular flexibility index (Phi) is 5.09. The van der Waals surface area contributed by atoms with Crippen molar-refractivity contribution >= 4 is 5.69 Å². The summed E-state index contributed by atoms with van der Waals surface area (Å²) in [7, 11) is 0. The van der Waals surface area contributed by atoms with E-state index in [9.17, 15) is 13.2 Å². The molecule has 0 aliphatic rings. The molecule has 0 saturated heterocycles. The third-order valence-electron chi connectivity index (χ3n) is 2.85. The lowest BCUT2D eigenvalue weighted by Gasteiger charge is -2.10. The van der Waals surface area contributed by atoms with Crippen molar-refractivity contribution in [2.45, 2.75) is 19.9 Å². The molecule has 2 aromatic rings. The molecule has 0 heterocycles. The number of ether oxygens (including phenoxy) is 1. The second-order valence-corrected chi connectivity index (χ2v) is 4.59. The minimum absolute atomic E-state index is 0.211. The first-order valence-electron chi connectivity index (χ1n) is 6.70. The van der Waals surface area contributed by atoms with E-state index in [0.29, 0.717) is 24.5 Å². The average Bonchev–Trinajstić information content (AvgIpc) is 2.44. The molecule has 5 heteroatoms. The maximum absolute atomic E-state index is 13.5. The Morgan fingerprint density at radius 1 is 1.05 bits per heavy atom. The van der Waals surface area contributed by atoms with Crippen molar-refractivity contribution < 1.29 is 17.9 Å². The molecule has 1 N–H and O–H groups in total. The number of halogens is 3. The molecule has 2 nitrogen and oxygen atoms in total. The van der Waals surface area contributed by atoms with E-state index in [2.05, 4.69) is 5.32 Å². The van der Waals surface area contributed by atoms with E-state index < -0.39 is 17.5 Å². The van der Waals surface area contributed by atoms with Crippen molar-refractivity contribution in [3.05, 3.63) is 59.4 Å². The molecule has 0 unspecified atom stereocenters. The van der Waals surface area contributed by atoms with Gasteiger partial charge >= 0.3 is 0 Å². The van der Waals surface area contributed by atoms with Crippen molar-refractivity contribution in [1.29, 1.82) is 0 Å². The number of nitrogens with one attached hydrogen (secondary N) is 1. The fraction of sp³-hybridized carbons (Fsp3) is 0.250. The Hall–Kier alpha value is -2.17. The van der Waals surface area contributed by atoms with E-state index in [1.807, 2.05) is 19.1 Å². The highest BCUT2D eigenvalue weighted by molar-refractivity contribution is 5.47. The first-order valence-corrected chi connectivity index (χ1v) is 6.70. The van der Waals surface area contributed by atoms with E-state index >= 15 is 0 Å². The van der Waals surface area contributed by atoms with Gasteiger partial charge in [0, 0.05) is 18.7 Å². The van der Waals surface area contributed by atoms with Gasteiger partial charge in [-0.25, -0.2) is 13.2 Å². The molecular formula is C16H16F3NO. The monoisotopic (exact) mass is 295 g/mol. The standard InChI is InChI=1S/C16H16F3NO/c1-2-6-21-13-5-3-4-11(7-13)10-20-16-14(18)8-12(17)9-15(16)19/h3-5,7-9,20H,2,6,10H2,1H3. The molecule has 0 aliphatic carbocycles. The molecule has 0 aromatic heterocycles. The summed E-state index contributed by atoms with van der Waals surface area (Å²) >= 11 is 0. The summed E-state index contributed by atoms with van der Waals surface area (Å²) < 4.78 is 45.3. The van der Waals surface area contributed by atoms with Crippen LogP contribution in [0.4, 0.5) is 18.9 Å². The highest BCUT2D eigenvalue weighted by Crippen LogP contribution is 2.21. The van der Waals surface area contributed by atoms with Crippen LogP contribution in [0.1, 0.15) is 18.9 Å². The average molecular weight is 295 g/mol. The maximum atomic E-state index is 13.5. The lowest BCUT2D eigenvalue weighted by atomic mass is 10.2. The van der Waals surface area contributed by atoms with Crippen LogP contribution in [0.15, 0.2) is 36.4 Å². The Balaban J connectivity index is 2.06. The number of benzene rings is 2. The van der Waals surface area contributed by atoms with E-state index in [4.69, 9.17) is 4.74 Å². The molecule has 0 bridgehead atoms. The predicted molar refractivity (Wildman–Crippen MR) is 75.9 cm³/mol. The topological polar surface area (TPSA) is 21.3 Å². The van der Waals surface area contributed by atoms with Crippen LogP contribution in [0.3, 0.4) is 0 Å². The summed E-state index contributed by atoms with van der Waals surface area (Å²) in [5, 5.41) is 2.64. The van der Waals surface area contributed by atoms with Crippen molar-refractivity contribution in [2.75, 3.05) is 11.9 Å². The van der Waals surface area contributed by atoms with Crippen LogP contribution < -0.4 is 10.1 Å². The molecule has 0 amide bonds. The molecular weight excluding hydrogens is 279 g/mol. The highest BCUT2D eigenvalue weighted by Gasteiger charge is 2.11. The van der Waals surface area contributed by atoms with Gasteiger partial charge in [0.15, 0.2) is 11.6 Å². The SMILES string of the molecule is CCCOc1cccc(CNc2c(F)cc(F)cc2F)c1. The number of hydrogen-bond donors (Lipinski definition) is 1. The fourth-order valence-electron chi connectivity index (χ4n) is 1.87. The van der Waals surface area contributed by atoms with Gasteiger partial charge < -0.3 is 10.1 Å². The molecule has 0 aliphatic heterocycles. The Morgan fingerprint density at radius 2 is 1.76 bits per heavy atom. The molecule has 112 valence electrons. The third-order valence-corrected chi connectivity index (χ3v) is 2.85. The van der Waals surface area contributed by atoms with Crippen LogP contribution in [-0.4, -0.2) is 6.61 Å². The Bertz CT molecular complexity index is 593. The molecule has 2 rings (SSSR count). The summed E-state index contributed by atoms with van der Waals surface area (Å²) in [6, 6.07) is 8.52. The van der Waals surface area contributed by atoms with Crippen LogP contribution in [0.5, 0.6) is 5.75 Å². The van der Waals surface area contributed by atoms with Gasteiger partial charge in [-0.3, -0.25) is 0 Å². The van der Waals surface area contributed by atoms with Crippen molar-refractivity contribution in [2.24, 2.45) is 0 Å². The van der Waals surface area contributed by atoms with E-state index in [-0.39, 0.29) is 12.2 Å². The van der Waals surface area contributed by atoms with Gasteiger partial charge in [0.2, 0.25) is 0 Å². The zero-order chi connectivity index (χ0) is 15.2. The quantitative estimate of drug-likeness (QED) is 0.847. The molecule has 0 saturated carbocycles. The van der Waals surface area contributed by atoms with Gasteiger partial charge in [-0.05, 0) is 24.1 Å². The molecule has 21 heavy (non-hydrogen) atoms. The summed E-state index contributed by atoms with van der Waals surface area (Å²) in [4.78, 5) is 0. The number of hydrogen-bond acceptors (Lipinski definition) is 2. The molecule has 0 radical (unpaired) electrons. The lowest BCUT2D eigenvalue weighted by molar-refractivity contribution is 0.317. The predicted octanol–water partition coefficient (Wildman–Crippen LogP) is 4.50. The van der Waals surface area contributed by atoms with Gasteiger partial charge in [0.1, 0.15) is 17.3 Å². The number of anilines is 1. The third kappa shape index (κ3) is 4.15. The van der Waals surface area contributed by atoms with Crippen LogP contribution >= 0.6 is 0 Å². The minimum atomic E-state index is -0.953. The second kappa shape index (κ2) is 7.02. The zero-order valence-electron chi connectivity index (χ0n) is 11.6. The first kappa shape index (κ1) is 15.2. The van der Waals surface area contributed by atoms with E-state index in [0.717, 1.165) is 12.0 Å². The van der Waals surface area contributed by atoms with E-state index in [1.165, 1.54) is 0 Å². The van der Waals surface area contributed by atoms with Crippen molar-refractivity contribution in [3.63, 3.8) is 0 Å². The molecule has 0 spiro atoms. The van der Waals surface area contributed by atoms with Crippen LogP contribution in [0.25, 0.3) is 0 Å². The first-order chi connectivity index (χ1) is 10.1. The summed E-state index contributed by atoms with van der Waals surface area (Å²) in [6.45, 7) is 2.83. The molecule has 2 aromatic carbocycles. The summed E-state index contributed by atoms with van der Waals surface area (Å²) in [6.07, 6.45) is 0.897. The summed E-state index contributed by atoms with van der Waals surface area (Å²) in [5.41, 5.74) is 0.475. The molecule has 0 fully saturated rings. The fourth-order valence-corrected chi connectivity index (χ4v) is 1.87. The zero-order valence-corrected chi connectivity index (χ0v) is 11.6. The number of rotatable bonds is 6. The van der Waals surface area contributed by atoms with Crippen molar-refractivity contribution in [1.82, 2.24) is 0 Å². The van der Waals surface area contributed by atoms with Crippen LogP contribution in [0.2, 0.25) is 0 Å². The van der Waals surface area contributed by atoms with Gasteiger partial charge in [-0.2, -0.15) is 0 Å². The largest absolute Gasteiger partial charge is 0.494 e. The highest BCUT2D eigenvalue weighted by atomic mass is 19.1. The second-order valence-electron chi connectivity index (χ2n) is 4.59. The maximum Gasteiger partial charge on any atom is 0.152 e. The Morgan fingerprint density at radius 3 is 2.43 bits per heavy atom. The van der Waals surface area contributed by atoms with Gasteiger partial charge in [0.05, 0.1) is 6.61 Å². The Labute approximate surface area is 121 Å². The van der Waals surface area contributed by atoms with Gasteiger partial charge in [-0.1, -0.05) is 19.1 Å². The van der Waals surface area contributed by atoms with Gasteiger partial charge in [-0.15, -0.1) is 0 Å². The minimum Gasteiger partial charge on any atom is -0.494 e. The smallest absolute Gasteiger partial charge is 0.152 e.